The fraction of sp³-hybridized carbons (Fsp3) is 0.909. The van der Waals surface area contributed by atoms with Crippen LogP contribution in [-0.2, 0) is 9.53 Å². The Morgan fingerprint density at radius 2 is 1.86 bits per heavy atom. The van der Waals surface area contributed by atoms with E-state index in [-0.39, 0.29) is 0 Å². The zero-order valence-corrected chi connectivity index (χ0v) is 9.29. The third-order valence-corrected chi connectivity index (χ3v) is 2.15. The Kier molecular flexibility index (Phi) is 8.64. The van der Waals surface area contributed by atoms with Gasteiger partial charge in [-0.1, -0.05) is 39.5 Å². The van der Waals surface area contributed by atoms with Crippen LogP contribution < -0.4 is 0 Å². The molecule has 0 bridgehead atoms. The summed E-state index contributed by atoms with van der Waals surface area (Å²) >= 11 is 0. The zero-order chi connectivity index (χ0) is 10.8. The van der Waals surface area contributed by atoms with Crippen LogP contribution in [0.3, 0.4) is 0 Å². The van der Waals surface area contributed by atoms with Crippen molar-refractivity contribution in [1.29, 1.82) is 0 Å². The second-order valence-corrected chi connectivity index (χ2v) is 3.51. The number of esters is 1. The third-order valence-electron chi connectivity index (χ3n) is 2.15. The Labute approximate surface area is 86.5 Å². The second-order valence-electron chi connectivity index (χ2n) is 3.51. The number of carbonyl (C=O) groups is 1. The SMILES string of the molecule is CCCCCCCOC(=O)[C@H](O)CC. The van der Waals surface area contributed by atoms with E-state index in [1.165, 1.54) is 19.3 Å². The number of rotatable bonds is 8. The van der Waals surface area contributed by atoms with Crippen molar-refractivity contribution in [2.75, 3.05) is 6.61 Å². The summed E-state index contributed by atoms with van der Waals surface area (Å²) < 4.78 is 4.89. The van der Waals surface area contributed by atoms with Crippen LogP contribution in [0.5, 0.6) is 0 Å². The van der Waals surface area contributed by atoms with Crippen molar-refractivity contribution in [3.8, 4) is 0 Å². The molecule has 0 aromatic carbocycles. The summed E-state index contributed by atoms with van der Waals surface area (Å²) in [6, 6.07) is 0. The van der Waals surface area contributed by atoms with Gasteiger partial charge in [0.1, 0.15) is 0 Å². The van der Waals surface area contributed by atoms with Gasteiger partial charge in [-0.2, -0.15) is 0 Å². The fourth-order valence-corrected chi connectivity index (χ4v) is 1.14. The van der Waals surface area contributed by atoms with Crippen LogP contribution in [0.4, 0.5) is 0 Å². The van der Waals surface area contributed by atoms with Crippen molar-refractivity contribution in [3.63, 3.8) is 0 Å². The molecular formula is C11H22O3. The molecule has 0 saturated carbocycles. The second kappa shape index (κ2) is 9.00. The average Bonchev–Trinajstić information content (AvgIpc) is 2.21. The van der Waals surface area contributed by atoms with Crippen molar-refractivity contribution < 1.29 is 14.6 Å². The lowest BCUT2D eigenvalue weighted by Crippen LogP contribution is -2.22. The van der Waals surface area contributed by atoms with Gasteiger partial charge in [0.05, 0.1) is 6.61 Å². The van der Waals surface area contributed by atoms with E-state index in [0.29, 0.717) is 13.0 Å². The van der Waals surface area contributed by atoms with Crippen molar-refractivity contribution >= 4 is 5.97 Å². The van der Waals surface area contributed by atoms with Gasteiger partial charge < -0.3 is 9.84 Å². The molecule has 1 atom stereocenters. The van der Waals surface area contributed by atoms with Crippen LogP contribution in [0, 0.1) is 0 Å². The first-order valence-electron chi connectivity index (χ1n) is 5.57. The molecule has 0 aromatic rings. The van der Waals surface area contributed by atoms with Gasteiger partial charge in [-0.25, -0.2) is 4.79 Å². The largest absolute Gasteiger partial charge is 0.464 e. The standard InChI is InChI=1S/C11H22O3/c1-3-5-6-7-8-9-14-11(13)10(12)4-2/h10,12H,3-9H2,1-2H3/t10-/m1/s1. The molecular weight excluding hydrogens is 180 g/mol. The summed E-state index contributed by atoms with van der Waals surface area (Å²) in [5.41, 5.74) is 0. The average molecular weight is 202 g/mol. The topological polar surface area (TPSA) is 46.5 Å². The van der Waals surface area contributed by atoms with E-state index >= 15 is 0 Å². The van der Waals surface area contributed by atoms with E-state index < -0.39 is 12.1 Å². The Bertz CT molecular complexity index is 145. The van der Waals surface area contributed by atoms with Crippen LogP contribution in [0.2, 0.25) is 0 Å². The third kappa shape index (κ3) is 6.89. The molecule has 3 nitrogen and oxygen atoms in total. The molecule has 14 heavy (non-hydrogen) atoms. The van der Waals surface area contributed by atoms with Crippen molar-refractivity contribution in [3.05, 3.63) is 0 Å². The van der Waals surface area contributed by atoms with Crippen LogP contribution in [-0.4, -0.2) is 23.8 Å². The monoisotopic (exact) mass is 202 g/mol. The highest BCUT2D eigenvalue weighted by molar-refractivity contribution is 5.74. The van der Waals surface area contributed by atoms with Gasteiger partial charge in [0, 0.05) is 0 Å². The van der Waals surface area contributed by atoms with E-state index in [4.69, 9.17) is 9.84 Å². The quantitative estimate of drug-likeness (QED) is 0.485. The Morgan fingerprint density at radius 1 is 1.21 bits per heavy atom. The van der Waals surface area contributed by atoms with E-state index in [2.05, 4.69) is 6.92 Å². The van der Waals surface area contributed by atoms with Gasteiger partial charge in [0.25, 0.3) is 0 Å². The Morgan fingerprint density at radius 3 is 2.43 bits per heavy atom. The summed E-state index contributed by atoms with van der Waals surface area (Å²) in [5, 5.41) is 9.09. The first kappa shape index (κ1) is 13.4. The Hall–Kier alpha value is -0.570. The number of hydrogen-bond acceptors (Lipinski definition) is 3. The zero-order valence-electron chi connectivity index (χ0n) is 9.29. The summed E-state index contributed by atoms with van der Waals surface area (Å²) in [7, 11) is 0. The van der Waals surface area contributed by atoms with Crippen molar-refractivity contribution in [2.24, 2.45) is 0 Å². The number of aliphatic hydroxyl groups excluding tert-OH is 1. The van der Waals surface area contributed by atoms with Crippen LogP contribution in [0.25, 0.3) is 0 Å². The molecule has 0 aromatic heterocycles. The molecule has 0 aliphatic rings. The van der Waals surface area contributed by atoms with Crippen molar-refractivity contribution in [1.82, 2.24) is 0 Å². The number of carbonyl (C=O) groups excluding carboxylic acids is 1. The minimum absolute atomic E-state index is 0.425. The lowest BCUT2D eigenvalue weighted by Gasteiger charge is -2.07. The maximum absolute atomic E-state index is 11.0. The summed E-state index contributed by atoms with van der Waals surface area (Å²) in [6.45, 7) is 4.37. The lowest BCUT2D eigenvalue weighted by molar-refractivity contribution is -0.153. The van der Waals surface area contributed by atoms with Crippen molar-refractivity contribution in [2.45, 2.75) is 58.5 Å². The molecule has 84 valence electrons. The van der Waals surface area contributed by atoms with Gasteiger partial charge in [0.2, 0.25) is 0 Å². The highest BCUT2D eigenvalue weighted by Crippen LogP contribution is 2.03. The van der Waals surface area contributed by atoms with Gasteiger partial charge in [-0.3, -0.25) is 0 Å². The maximum atomic E-state index is 11.0. The van der Waals surface area contributed by atoms with Crippen LogP contribution >= 0.6 is 0 Å². The van der Waals surface area contributed by atoms with E-state index in [1.54, 1.807) is 6.92 Å². The van der Waals surface area contributed by atoms with Crippen LogP contribution in [0.1, 0.15) is 52.4 Å². The summed E-state index contributed by atoms with van der Waals surface area (Å²) in [4.78, 5) is 11.0. The van der Waals surface area contributed by atoms with Gasteiger partial charge in [-0.15, -0.1) is 0 Å². The number of ether oxygens (including phenoxy) is 1. The number of unbranched alkanes of at least 4 members (excludes halogenated alkanes) is 4. The fourth-order valence-electron chi connectivity index (χ4n) is 1.14. The number of aliphatic hydroxyl groups is 1. The maximum Gasteiger partial charge on any atom is 0.334 e. The van der Waals surface area contributed by atoms with E-state index in [0.717, 1.165) is 12.8 Å². The first-order chi connectivity index (χ1) is 6.72. The van der Waals surface area contributed by atoms with E-state index in [9.17, 15) is 4.79 Å². The summed E-state index contributed by atoms with van der Waals surface area (Å²) in [6.07, 6.45) is 5.15. The Balaban J connectivity index is 3.23. The van der Waals surface area contributed by atoms with E-state index in [1.807, 2.05) is 0 Å². The molecule has 0 amide bonds. The summed E-state index contributed by atoms with van der Waals surface area (Å²) in [5.74, 6) is -0.483. The molecule has 0 saturated heterocycles. The van der Waals surface area contributed by atoms with Gasteiger partial charge >= 0.3 is 5.97 Å². The predicted octanol–water partition coefficient (Wildman–Crippen LogP) is 2.27. The highest BCUT2D eigenvalue weighted by atomic mass is 16.5. The molecule has 0 radical (unpaired) electrons. The van der Waals surface area contributed by atoms with Gasteiger partial charge in [0.15, 0.2) is 6.10 Å². The van der Waals surface area contributed by atoms with Gasteiger partial charge in [-0.05, 0) is 12.8 Å². The van der Waals surface area contributed by atoms with Crippen LogP contribution in [0.15, 0.2) is 0 Å². The molecule has 0 rings (SSSR count). The molecule has 0 aliphatic heterocycles. The molecule has 0 fully saturated rings. The molecule has 3 heteroatoms. The predicted molar refractivity (Wildman–Crippen MR) is 56.0 cm³/mol. The normalized spacial score (nSPS) is 12.5. The minimum Gasteiger partial charge on any atom is -0.464 e. The lowest BCUT2D eigenvalue weighted by atomic mass is 10.2. The first-order valence-corrected chi connectivity index (χ1v) is 5.57. The highest BCUT2D eigenvalue weighted by Gasteiger charge is 2.12. The molecule has 1 N–H and O–H groups in total. The molecule has 0 unspecified atom stereocenters. The molecule has 0 aliphatic carbocycles. The minimum atomic E-state index is -0.939. The molecule has 0 heterocycles. The molecule has 0 spiro atoms. The smallest absolute Gasteiger partial charge is 0.334 e. The number of hydrogen-bond donors (Lipinski definition) is 1.